The van der Waals surface area contributed by atoms with Crippen LogP contribution in [0.2, 0.25) is 0 Å². The van der Waals surface area contributed by atoms with Crippen molar-refractivity contribution in [3.63, 3.8) is 0 Å². The Morgan fingerprint density at radius 2 is 2.35 bits per heavy atom. The number of amides is 2. The zero-order chi connectivity index (χ0) is 12.3. The van der Waals surface area contributed by atoms with E-state index >= 15 is 0 Å². The van der Waals surface area contributed by atoms with E-state index in [4.69, 9.17) is 5.73 Å². The zero-order valence-electron chi connectivity index (χ0n) is 9.14. The average molecular weight is 235 g/mol. The van der Waals surface area contributed by atoms with Gasteiger partial charge in [-0.3, -0.25) is 14.9 Å². The van der Waals surface area contributed by atoms with Crippen LogP contribution in [0.15, 0.2) is 12.5 Å². The first kappa shape index (κ1) is 11.5. The van der Waals surface area contributed by atoms with Gasteiger partial charge in [0.05, 0.1) is 0 Å². The van der Waals surface area contributed by atoms with E-state index in [-0.39, 0.29) is 18.4 Å². The maximum atomic E-state index is 11.5. The van der Waals surface area contributed by atoms with E-state index < -0.39 is 6.04 Å². The van der Waals surface area contributed by atoms with E-state index in [0.717, 1.165) is 5.56 Å². The molecule has 17 heavy (non-hydrogen) atoms. The summed E-state index contributed by atoms with van der Waals surface area (Å²) >= 11 is 0. The van der Waals surface area contributed by atoms with Gasteiger partial charge in [-0.15, -0.1) is 0 Å². The van der Waals surface area contributed by atoms with E-state index in [0.29, 0.717) is 18.7 Å². The molecule has 0 aliphatic carbocycles. The molecule has 1 aliphatic heterocycles. The van der Waals surface area contributed by atoms with E-state index in [1.165, 1.54) is 6.33 Å². The molecule has 1 aliphatic rings. The number of hydrogen-bond donors (Lipinski definition) is 3. The summed E-state index contributed by atoms with van der Waals surface area (Å²) in [6.45, 7) is 0.288. The first-order valence-corrected chi connectivity index (χ1v) is 5.30. The second kappa shape index (κ2) is 4.88. The Bertz CT molecular complexity index is 448. The Hall–Kier alpha value is -2.02. The van der Waals surface area contributed by atoms with Crippen molar-refractivity contribution in [2.75, 3.05) is 5.32 Å². The van der Waals surface area contributed by atoms with Crippen LogP contribution < -0.4 is 16.4 Å². The molecular formula is C10H13N5O2. The van der Waals surface area contributed by atoms with Crippen molar-refractivity contribution < 1.29 is 9.59 Å². The number of carbonyl (C=O) groups excluding carboxylic acids is 2. The lowest BCUT2D eigenvalue weighted by atomic mass is 10.1. The lowest BCUT2D eigenvalue weighted by Gasteiger charge is -2.22. The van der Waals surface area contributed by atoms with Crippen LogP contribution in [0, 0.1) is 0 Å². The van der Waals surface area contributed by atoms with Crippen molar-refractivity contribution in [2.24, 2.45) is 5.73 Å². The van der Waals surface area contributed by atoms with Gasteiger partial charge in [-0.1, -0.05) is 0 Å². The van der Waals surface area contributed by atoms with Gasteiger partial charge in [0.15, 0.2) is 0 Å². The fourth-order valence-electron chi connectivity index (χ4n) is 1.63. The van der Waals surface area contributed by atoms with Crippen LogP contribution in [0.5, 0.6) is 0 Å². The fourth-order valence-corrected chi connectivity index (χ4v) is 1.63. The lowest BCUT2D eigenvalue weighted by Crippen LogP contribution is -2.47. The molecule has 2 rings (SSSR count). The molecule has 0 bridgehead atoms. The highest BCUT2D eigenvalue weighted by Crippen LogP contribution is 2.14. The smallest absolute Gasteiger partial charge is 0.249 e. The van der Waals surface area contributed by atoms with Gasteiger partial charge in [-0.25, -0.2) is 9.97 Å². The standard InChI is InChI=1S/C10H13N5O2/c11-3-6-4-12-5-13-9(6)14-7-1-2-8(16)15-10(7)17/h4-5,7H,1-3,11H2,(H,12,13,14)(H,15,16,17). The highest BCUT2D eigenvalue weighted by atomic mass is 16.2. The van der Waals surface area contributed by atoms with Crippen LogP contribution in [0.1, 0.15) is 18.4 Å². The van der Waals surface area contributed by atoms with E-state index in [9.17, 15) is 9.59 Å². The summed E-state index contributed by atoms with van der Waals surface area (Å²) < 4.78 is 0. The summed E-state index contributed by atoms with van der Waals surface area (Å²) in [6, 6.07) is -0.451. The van der Waals surface area contributed by atoms with Crippen LogP contribution in [0.25, 0.3) is 0 Å². The SMILES string of the molecule is NCc1cncnc1NC1CCC(=O)NC1=O. The number of nitrogens with one attached hydrogen (secondary N) is 2. The first-order chi connectivity index (χ1) is 8.20. The lowest BCUT2D eigenvalue weighted by molar-refractivity contribution is -0.133. The van der Waals surface area contributed by atoms with Gasteiger partial charge >= 0.3 is 0 Å². The van der Waals surface area contributed by atoms with E-state index in [1.807, 2.05) is 0 Å². The summed E-state index contributed by atoms with van der Waals surface area (Å²) in [5.41, 5.74) is 6.27. The number of piperidine rings is 1. The largest absolute Gasteiger partial charge is 0.358 e. The molecule has 1 atom stereocenters. The number of aromatic nitrogens is 2. The summed E-state index contributed by atoms with van der Waals surface area (Å²) in [4.78, 5) is 30.4. The second-order valence-corrected chi connectivity index (χ2v) is 3.75. The molecule has 90 valence electrons. The number of imide groups is 1. The third-order valence-electron chi connectivity index (χ3n) is 2.56. The predicted molar refractivity (Wildman–Crippen MR) is 59.7 cm³/mol. The summed E-state index contributed by atoms with van der Waals surface area (Å²) in [7, 11) is 0. The Morgan fingerprint density at radius 3 is 3.06 bits per heavy atom. The van der Waals surface area contributed by atoms with Crippen molar-refractivity contribution in [1.29, 1.82) is 0 Å². The molecule has 7 nitrogen and oxygen atoms in total. The monoisotopic (exact) mass is 235 g/mol. The first-order valence-electron chi connectivity index (χ1n) is 5.30. The molecule has 1 aromatic heterocycles. The molecule has 2 heterocycles. The van der Waals surface area contributed by atoms with E-state index in [1.54, 1.807) is 6.20 Å². The van der Waals surface area contributed by atoms with Gasteiger partial charge in [0, 0.05) is 24.7 Å². The quantitative estimate of drug-likeness (QED) is 0.589. The van der Waals surface area contributed by atoms with Gasteiger partial charge in [-0.05, 0) is 6.42 Å². The number of nitrogens with zero attached hydrogens (tertiary/aromatic N) is 2. The Morgan fingerprint density at radius 1 is 1.53 bits per heavy atom. The molecule has 4 N–H and O–H groups in total. The molecule has 1 unspecified atom stereocenters. The minimum absolute atomic E-state index is 0.241. The van der Waals surface area contributed by atoms with Crippen molar-refractivity contribution in [2.45, 2.75) is 25.4 Å². The van der Waals surface area contributed by atoms with Crippen LogP contribution in [0.4, 0.5) is 5.82 Å². The summed E-state index contributed by atoms with van der Waals surface area (Å²) in [6.07, 6.45) is 3.76. The van der Waals surface area contributed by atoms with Crippen LogP contribution in [0.3, 0.4) is 0 Å². The summed E-state index contributed by atoms with van der Waals surface area (Å²) in [5, 5.41) is 5.25. The molecule has 0 radical (unpaired) electrons. The minimum Gasteiger partial charge on any atom is -0.358 e. The molecule has 1 fully saturated rings. The van der Waals surface area contributed by atoms with Crippen molar-refractivity contribution in [3.8, 4) is 0 Å². The van der Waals surface area contributed by atoms with Crippen molar-refractivity contribution in [3.05, 3.63) is 18.1 Å². The van der Waals surface area contributed by atoms with Gasteiger partial charge < -0.3 is 11.1 Å². The Balaban J connectivity index is 2.10. The van der Waals surface area contributed by atoms with Gasteiger partial charge in [0.25, 0.3) is 0 Å². The average Bonchev–Trinajstić information content (AvgIpc) is 2.33. The molecule has 2 amide bonds. The molecular weight excluding hydrogens is 222 g/mol. The highest BCUT2D eigenvalue weighted by Gasteiger charge is 2.27. The van der Waals surface area contributed by atoms with Gasteiger partial charge in [-0.2, -0.15) is 0 Å². The Labute approximate surface area is 97.8 Å². The third-order valence-corrected chi connectivity index (χ3v) is 2.56. The zero-order valence-corrected chi connectivity index (χ0v) is 9.14. The summed E-state index contributed by atoms with van der Waals surface area (Å²) in [5.74, 6) is -0.0328. The van der Waals surface area contributed by atoms with Crippen molar-refractivity contribution >= 4 is 17.6 Å². The molecule has 7 heteroatoms. The fraction of sp³-hybridized carbons (Fsp3) is 0.400. The molecule has 1 aromatic rings. The molecule has 1 saturated heterocycles. The number of hydrogen-bond acceptors (Lipinski definition) is 6. The third kappa shape index (κ3) is 2.56. The number of rotatable bonds is 3. The van der Waals surface area contributed by atoms with Gasteiger partial charge in [0.1, 0.15) is 18.2 Å². The number of carbonyl (C=O) groups is 2. The highest BCUT2D eigenvalue weighted by molar-refractivity contribution is 6.01. The molecule has 0 aromatic carbocycles. The molecule has 0 saturated carbocycles. The predicted octanol–water partition coefficient (Wildman–Crippen LogP) is -0.848. The number of nitrogens with two attached hydrogens (primary N) is 1. The van der Waals surface area contributed by atoms with Crippen LogP contribution in [-0.2, 0) is 16.1 Å². The van der Waals surface area contributed by atoms with Crippen LogP contribution >= 0.6 is 0 Å². The maximum absolute atomic E-state index is 11.5. The number of anilines is 1. The molecule has 0 spiro atoms. The van der Waals surface area contributed by atoms with Crippen LogP contribution in [-0.4, -0.2) is 27.8 Å². The topological polar surface area (TPSA) is 110 Å². The normalized spacial score (nSPS) is 19.9. The maximum Gasteiger partial charge on any atom is 0.249 e. The second-order valence-electron chi connectivity index (χ2n) is 3.75. The minimum atomic E-state index is -0.451. The Kier molecular flexibility index (Phi) is 3.29. The van der Waals surface area contributed by atoms with Crippen molar-refractivity contribution in [1.82, 2.24) is 15.3 Å². The van der Waals surface area contributed by atoms with Gasteiger partial charge in [0.2, 0.25) is 11.8 Å². The van der Waals surface area contributed by atoms with E-state index in [2.05, 4.69) is 20.6 Å².